The third-order valence-electron chi connectivity index (χ3n) is 4.67. The Morgan fingerprint density at radius 3 is 2.48 bits per heavy atom. The molecular formula is C21H20N2O2. The first-order valence-corrected chi connectivity index (χ1v) is 8.57. The van der Waals surface area contributed by atoms with Gasteiger partial charge in [0.05, 0.1) is 13.3 Å². The molecule has 0 spiro atoms. The fraction of sp³-hybridized carbons (Fsp3) is 0.238. The molecule has 25 heavy (non-hydrogen) atoms. The van der Waals surface area contributed by atoms with Crippen molar-refractivity contribution < 1.29 is 9.47 Å². The van der Waals surface area contributed by atoms with Gasteiger partial charge >= 0.3 is 0 Å². The Balaban J connectivity index is 1.63. The molecule has 0 bridgehead atoms. The third kappa shape index (κ3) is 3.20. The minimum Gasteiger partial charge on any atom is -0.496 e. The van der Waals surface area contributed by atoms with Crippen LogP contribution in [0.5, 0.6) is 17.4 Å². The van der Waals surface area contributed by atoms with Crippen LogP contribution in [0.15, 0.2) is 60.9 Å². The molecule has 1 aliphatic carbocycles. The summed E-state index contributed by atoms with van der Waals surface area (Å²) < 4.78 is 11.5. The Morgan fingerprint density at radius 1 is 0.920 bits per heavy atom. The fourth-order valence-corrected chi connectivity index (χ4v) is 3.05. The Bertz CT molecular complexity index is 858. The van der Waals surface area contributed by atoms with Gasteiger partial charge in [-0.25, -0.2) is 4.98 Å². The van der Waals surface area contributed by atoms with Gasteiger partial charge in [0, 0.05) is 28.9 Å². The van der Waals surface area contributed by atoms with Gasteiger partial charge in [-0.2, -0.15) is 0 Å². The summed E-state index contributed by atoms with van der Waals surface area (Å²) in [5.74, 6) is 2.65. The van der Waals surface area contributed by atoms with Crippen molar-refractivity contribution in [2.24, 2.45) is 0 Å². The molecule has 3 aromatic rings. The summed E-state index contributed by atoms with van der Waals surface area (Å²) in [6.07, 6.45) is 7.30. The largest absolute Gasteiger partial charge is 0.496 e. The predicted octanol–water partition coefficient (Wildman–Crippen LogP) is 5.21. The van der Waals surface area contributed by atoms with E-state index < -0.39 is 0 Å². The van der Waals surface area contributed by atoms with Crippen LogP contribution in [-0.4, -0.2) is 17.1 Å². The molecule has 0 unspecified atom stereocenters. The van der Waals surface area contributed by atoms with Crippen LogP contribution in [0.25, 0.3) is 11.1 Å². The molecule has 1 aliphatic rings. The van der Waals surface area contributed by atoms with Crippen LogP contribution in [0.4, 0.5) is 0 Å². The average molecular weight is 332 g/mol. The van der Waals surface area contributed by atoms with Crippen molar-refractivity contribution in [2.45, 2.75) is 25.2 Å². The molecule has 2 aromatic heterocycles. The number of pyridine rings is 2. The molecule has 1 fully saturated rings. The molecule has 126 valence electrons. The van der Waals surface area contributed by atoms with Crippen LogP contribution in [0.2, 0.25) is 0 Å². The summed E-state index contributed by atoms with van der Waals surface area (Å²) >= 11 is 0. The predicted molar refractivity (Wildman–Crippen MR) is 97.1 cm³/mol. The standard InChI is InChI=1S/C21H20N2O2/c1-24-20-10-3-2-8-17(20)18-9-5-13-22-21(18)25-16-11-12-19(23-14-16)15-6-4-7-15/h2-3,5,8-15H,4,6-7H2,1H3. The van der Waals surface area contributed by atoms with Gasteiger partial charge in [0.15, 0.2) is 0 Å². The molecule has 0 amide bonds. The molecule has 0 radical (unpaired) electrons. The van der Waals surface area contributed by atoms with Crippen LogP contribution in [-0.2, 0) is 0 Å². The number of nitrogens with zero attached hydrogens (tertiary/aromatic N) is 2. The summed E-state index contributed by atoms with van der Waals surface area (Å²) in [6, 6.07) is 15.8. The van der Waals surface area contributed by atoms with E-state index in [1.807, 2.05) is 42.5 Å². The van der Waals surface area contributed by atoms with E-state index in [4.69, 9.17) is 9.47 Å². The topological polar surface area (TPSA) is 44.2 Å². The lowest BCUT2D eigenvalue weighted by Crippen LogP contribution is -2.10. The molecule has 4 nitrogen and oxygen atoms in total. The van der Waals surface area contributed by atoms with Crippen LogP contribution in [0.3, 0.4) is 0 Å². The quantitative estimate of drug-likeness (QED) is 0.643. The molecule has 4 heteroatoms. The number of aromatic nitrogens is 2. The van der Waals surface area contributed by atoms with Crippen molar-refractivity contribution >= 4 is 0 Å². The molecule has 0 aliphatic heterocycles. The maximum absolute atomic E-state index is 6.02. The van der Waals surface area contributed by atoms with Gasteiger partial charge in [-0.3, -0.25) is 4.98 Å². The summed E-state index contributed by atoms with van der Waals surface area (Å²) in [6.45, 7) is 0. The highest BCUT2D eigenvalue weighted by Gasteiger charge is 2.20. The zero-order valence-corrected chi connectivity index (χ0v) is 14.2. The van der Waals surface area contributed by atoms with Crippen molar-refractivity contribution in [3.8, 4) is 28.5 Å². The highest BCUT2D eigenvalue weighted by Crippen LogP contribution is 2.38. The van der Waals surface area contributed by atoms with Gasteiger partial charge in [0.25, 0.3) is 0 Å². The number of ether oxygens (including phenoxy) is 2. The molecule has 4 rings (SSSR count). The molecule has 2 heterocycles. The smallest absolute Gasteiger partial charge is 0.227 e. The monoisotopic (exact) mass is 332 g/mol. The van der Waals surface area contributed by atoms with Gasteiger partial charge in [0.2, 0.25) is 5.88 Å². The van der Waals surface area contributed by atoms with E-state index in [-0.39, 0.29) is 0 Å². The number of methoxy groups -OCH3 is 1. The Hall–Kier alpha value is -2.88. The first-order valence-electron chi connectivity index (χ1n) is 8.57. The van der Waals surface area contributed by atoms with E-state index in [1.165, 1.54) is 19.3 Å². The Morgan fingerprint density at radius 2 is 1.76 bits per heavy atom. The Labute approximate surface area is 147 Å². The highest BCUT2D eigenvalue weighted by atomic mass is 16.5. The zero-order chi connectivity index (χ0) is 17.1. The zero-order valence-electron chi connectivity index (χ0n) is 14.2. The molecular weight excluding hydrogens is 312 g/mol. The first kappa shape index (κ1) is 15.6. The lowest BCUT2D eigenvalue weighted by molar-refractivity contribution is 0.408. The Kier molecular flexibility index (Phi) is 4.34. The van der Waals surface area contributed by atoms with Gasteiger partial charge < -0.3 is 9.47 Å². The molecule has 1 saturated carbocycles. The van der Waals surface area contributed by atoms with Gasteiger partial charge in [0.1, 0.15) is 11.5 Å². The maximum Gasteiger partial charge on any atom is 0.227 e. The summed E-state index contributed by atoms with van der Waals surface area (Å²) in [7, 11) is 1.67. The molecule has 0 saturated heterocycles. The average Bonchev–Trinajstić information content (AvgIpc) is 2.62. The van der Waals surface area contributed by atoms with E-state index in [1.54, 1.807) is 19.5 Å². The second-order valence-corrected chi connectivity index (χ2v) is 6.21. The molecule has 1 aromatic carbocycles. The second kappa shape index (κ2) is 6.93. The number of rotatable bonds is 5. The lowest BCUT2D eigenvalue weighted by atomic mass is 9.83. The van der Waals surface area contributed by atoms with Crippen LogP contribution < -0.4 is 9.47 Å². The van der Waals surface area contributed by atoms with E-state index in [0.717, 1.165) is 22.6 Å². The fourth-order valence-electron chi connectivity index (χ4n) is 3.05. The summed E-state index contributed by atoms with van der Waals surface area (Å²) in [5.41, 5.74) is 3.00. The molecule has 0 atom stereocenters. The number of hydrogen-bond acceptors (Lipinski definition) is 4. The van der Waals surface area contributed by atoms with Gasteiger partial charge in [-0.1, -0.05) is 24.6 Å². The molecule has 0 N–H and O–H groups in total. The van der Waals surface area contributed by atoms with Crippen molar-refractivity contribution in [1.82, 2.24) is 9.97 Å². The van der Waals surface area contributed by atoms with Gasteiger partial charge in [-0.15, -0.1) is 0 Å². The minimum atomic E-state index is 0.546. The lowest BCUT2D eigenvalue weighted by Gasteiger charge is -2.24. The van der Waals surface area contributed by atoms with Crippen LogP contribution in [0, 0.1) is 0 Å². The third-order valence-corrected chi connectivity index (χ3v) is 4.67. The second-order valence-electron chi connectivity index (χ2n) is 6.21. The van der Waals surface area contributed by atoms with Crippen molar-refractivity contribution in [3.05, 3.63) is 66.6 Å². The van der Waals surface area contributed by atoms with Gasteiger partial charge in [-0.05, 0) is 43.2 Å². The van der Waals surface area contributed by atoms with E-state index in [2.05, 4.69) is 16.0 Å². The summed E-state index contributed by atoms with van der Waals surface area (Å²) in [5, 5.41) is 0. The maximum atomic E-state index is 6.02. The van der Waals surface area contributed by atoms with E-state index in [0.29, 0.717) is 17.5 Å². The number of hydrogen-bond donors (Lipinski definition) is 0. The minimum absolute atomic E-state index is 0.546. The van der Waals surface area contributed by atoms with Crippen molar-refractivity contribution in [3.63, 3.8) is 0 Å². The number of para-hydroxylation sites is 1. The van der Waals surface area contributed by atoms with Crippen LogP contribution >= 0.6 is 0 Å². The van der Waals surface area contributed by atoms with Crippen LogP contribution in [0.1, 0.15) is 30.9 Å². The normalized spacial score (nSPS) is 14.0. The number of benzene rings is 1. The van der Waals surface area contributed by atoms with E-state index >= 15 is 0 Å². The van der Waals surface area contributed by atoms with Crippen molar-refractivity contribution in [1.29, 1.82) is 0 Å². The van der Waals surface area contributed by atoms with E-state index in [9.17, 15) is 0 Å². The van der Waals surface area contributed by atoms with Crippen molar-refractivity contribution in [2.75, 3.05) is 7.11 Å². The highest BCUT2D eigenvalue weighted by molar-refractivity contribution is 5.74. The summed E-state index contributed by atoms with van der Waals surface area (Å²) in [4.78, 5) is 8.96. The SMILES string of the molecule is COc1ccccc1-c1cccnc1Oc1ccc(C2CCC2)nc1. The first-order chi connectivity index (χ1) is 12.3.